The number of aromatic nitrogens is 2. The van der Waals surface area contributed by atoms with Gasteiger partial charge in [0.25, 0.3) is 0 Å². The molecule has 0 aliphatic heterocycles. The minimum atomic E-state index is -0.787. The third-order valence-electron chi connectivity index (χ3n) is 3.63. The number of hydrogen-bond donors (Lipinski definition) is 1. The number of thiol groups is 1. The Labute approximate surface area is 190 Å². The molecule has 2 nitrogen and oxygen atoms in total. The van der Waals surface area contributed by atoms with E-state index in [1.54, 1.807) is 6.07 Å². The summed E-state index contributed by atoms with van der Waals surface area (Å²) < 4.78 is 36.4. The molecule has 0 saturated carbocycles. The van der Waals surface area contributed by atoms with E-state index in [-0.39, 0.29) is 0 Å². The van der Waals surface area contributed by atoms with Crippen molar-refractivity contribution < 1.29 is 13.2 Å². The Balaban J connectivity index is 0.000000181. The van der Waals surface area contributed by atoms with Crippen molar-refractivity contribution in [1.29, 1.82) is 0 Å². The monoisotopic (exact) mass is 458 g/mol. The fourth-order valence-electron chi connectivity index (χ4n) is 2.17. The van der Waals surface area contributed by atoms with Gasteiger partial charge in [0.2, 0.25) is 17.8 Å². The summed E-state index contributed by atoms with van der Waals surface area (Å²) >= 11 is 5.65. The second-order valence-corrected chi connectivity index (χ2v) is 7.31. The van der Waals surface area contributed by atoms with Crippen molar-refractivity contribution in [2.24, 2.45) is 0 Å². The Hall–Kier alpha value is -2.77. The molecule has 0 saturated heterocycles. The van der Waals surface area contributed by atoms with Gasteiger partial charge in [0, 0.05) is 11.5 Å². The maximum Gasteiger partial charge on any atom is 0.215 e. The molecular formula is C24H21F3N2S2. The molecule has 160 valence electrons. The van der Waals surface area contributed by atoms with Gasteiger partial charge >= 0.3 is 0 Å². The van der Waals surface area contributed by atoms with Crippen LogP contribution in [0.15, 0.2) is 102 Å². The lowest BCUT2D eigenvalue weighted by molar-refractivity contribution is 0.513. The SMILES string of the molecule is Fc1cccc(F)n1.Fc1cccc(SCc2ccccc2)n1.SCc1ccccc1. The van der Waals surface area contributed by atoms with Crippen molar-refractivity contribution in [3.63, 3.8) is 0 Å². The summed E-state index contributed by atoms with van der Waals surface area (Å²) in [4.78, 5) is 6.62. The normalized spacial score (nSPS) is 9.68. The maximum absolute atomic E-state index is 12.8. The molecule has 0 aliphatic carbocycles. The standard InChI is InChI=1S/C12H10FNS.C7H8S.C5H3F2N/c13-11-7-4-8-12(14-11)15-9-10-5-2-1-3-6-10;8-6-7-4-2-1-3-5-7;6-4-2-1-3-5(7)8-4/h1-8H,9H2;1-5,8H,6H2;1-3H. The van der Waals surface area contributed by atoms with Crippen molar-refractivity contribution >= 4 is 24.4 Å². The smallest absolute Gasteiger partial charge is 0.213 e. The molecule has 2 aromatic heterocycles. The number of thioether (sulfide) groups is 1. The highest BCUT2D eigenvalue weighted by atomic mass is 32.2. The van der Waals surface area contributed by atoms with E-state index in [4.69, 9.17) is 0 Å². The molecule has 31 heavy (non-hydrogen) atoms. The highest BCUT2D eigenvalue weighted by molar-refractivity contribution is 7.98. The minimum Gasteiger partial charge on any atom is -0.213 e. The van der Waals surface area contributed by atoms with Gasteiger partial charge in [-0.3, -0.25) is 0 Å². The number of nitrogens with zero attached hydrogens (tertiary/aromatic N) is 2. The van der Waals surface area contributed by atoms with Gasteiger partial charge in [0.15, 0.2) is 0 Å². The molecule has 2 aromatic carbocycles. The van der Waals surface area contributed by atoms with E-state index >= 15 is 0 Å². The van der Waals surface area contributed by atoms with Crippen LogP contribution < -0.4 is 0 Å². The van der Waals surface area contributed by atoms with Crippen molar-refractivity contribution in [2.75, 3.05) is 0 Å². The summed E-state index contributed by atoms with van der Waals surface area (Å²) in [7, 11) is 0. The average molecular weight is 459 g/mol. The van der Waals surface area contributed by atoms with Gasteiger partial charge in [0.1, 0.15) is 0 Å². The predicted molar refractivity (Wildman–Crippen MR) is 123 cm³/mol. The van der Waals surface area contributed by atoms with Crippen molar-refractivity contribution in [3.05, 3.63) is 126 Å². The summed E-state index contributed by atoms with van der Waals surface area (Å²) in [6.07, 6.45) is 0. The van der Waals surface area contributed by atoms with Crippen LogP contribution in [-0.2, 0) is 11.5 Å². The second-order valence-electron chi connectivity index (χ2n) is 6.00. The molecule has 0 N–H and O–H groups in total. The van der Waals surface area contributed by atoms with E-state index < -0.39 is 17.8 Å². The first kappa shape index (κ1) is 24.5. The van der Waals surface area contributed by atoms with E-state index in [9.17, 15) is 13.2 Å². The zero-order chi connectivity index (χ0) is 22.3. The molecule has 0 atom stereocenters. The fourth-order valence-corrected chi connectivity index (χ4v) is 3.21. The molecule has 0 radical (unpaired) electrons. The molecule has 4 rings (SSSR count). The lowest BCUT2D eigenvalue weighted by Crippen LogP contribution is -1.85. The zero-order valence-corrected chi connectivity index (χ0v) is 18.2. The Morgan fingerprint density at radius 2 is 1.06 bits per heavy atom. The Bertz CT molecular complexity index is 1000. The van der Waals surface area contributed by atoms with E-state index in [0.29, 0.717) is 0 Å². The summed E-state index contributed by atoms with van der Waals surface area (Å²) in [6.45, 7) is 0. The maximum atomic E-state index is 12.8. The number of rotatable bonds is 4. The first-order valence-corrected chi connectivity index (χ1v) is 10.9. The van der Waals surface area contributed by atoms with Gasteiger partial charge in [-0.15, -0.1) is 11.8 Å². The number of pyridine rings is 2. The molecule has 7 heteroatoms. The molecule has 0 spiro atoms. The highest BCUT2D eigenvalue weighted by Crippen LogP contribution is 2.20. The Kier molecular flexibility index (Phi) is 11.3. The minimum absolute atomic E-state index is 0.423. The van der Waals surface area contributed by atoms with Crippen LogP contribution in [0.25, 0.3) is 0 Å². The van der Waals surface area contributed by atoms with Crippen LogP contribution in [0.1, 0.15) is 11.1 Å². The predicted octanol–water partition coefficient (Wildman–Crippen LogP) is 6.99. The van der Waals surface area contributed by atoms with Gasteiger partial charge < -0.3 is 0 Å². The Morgan fingerprint density at radius 1 is 0.581 bits per heavy atom. The van der Waals surface area contributed by atoms with Crippen LogP contribution in [0.2, 0.25) is 0 Å². The van der Waals surface area contributed by atoms with E-state index in [1.807, 2.05) is 54.6 Å². The van der Waals surface area contributed by atoms with E-state index in [2.05, 4.69) is 34.7 Å². The topological polar surface area (TPSA) is 25.8 Å². The first-order valence-electron chi connectivity index (χ1n) is 9.29. The van der Waals surface area contributed by atoms with Gasteiger partial charge in [-0.1, -0.05) is 72.8 Å². The van der Waals surface area contributed by atoms with Crippen LogP contribution in [0.3, 0.4) is 0 Å². The van der Waals surface area contributed by atoms with Crippen molar-refractivity contribution in [1.82, 2.24) is 9.97 Å². The third-order valence-corrected chi connectivity index (χ3v) is 4.99. The van der Waals surface area contributed by atoms with E-state index in [0.717, 1.165) is 28.7 Å². The largest absolute Gasteiger partial charge is 0.215 e. The molecule has 0 aliphatic rings. The number of halogens is 3. The third kappa shape index (κ3) is 10.7. The second kappa shape index (κ2) is 14.3. The lowest BCUT2D eigenvalue weighted by Gasteiger charge is -2.00. The Morgan fingerprint density at radius 3 is 1.48 bits per heavy atom. The molecule has 0 unspecified atom stereocenters. The van der Waals surface area contributed by atoms with Crippen LogP contribution >= 0.6 is 24.4 Å². The van der Waals surface area contributed by atoms with Gasteiger partial charge in [-0.05, 0) is 35.4 Å². The van der Waals surface area contributed by atoms with Crippen molar-refractivity contribution in [3.8, 4) is 0 Å². The summed E-state index contributed by atoms with van der Waals surface area (Å²) in [5, 5.41) is 0.721. The lowest BCUT2D eigenvalue weighted by atomic mass is 10.2. The highest BCUT2D eigenvalue weighted by Gasteiger charge is 1.98. The summed E-state index contributed by atoms with van der Waals surface area (Å²) in [5.74, 6) is -0.346. The number of benzene rings is 2. The van der Waals surface area contributed by atoms with Crippen LogP contribution in [-0.4, -0.2) is 9.97 Å². The summed E-state index contributed by atoms with van der Waals surface area (Å²) in [6, 6.07) is 28.5. The van der Waals surface area contributed by atoms with Gasteiger partial charge in [0.05, 0.1) is 5.03 Å². The summed E-state index contributed by atoms with van der Waals surface area (Å²) in [5.41, 5.74) is 2.49. The quantitative estimate of drug-likeness (QED) is 0.203. The molecule has 0 bridgehead atoms. The molecule has 0 amide bonds. The van der Waals surface area contributed by atoms with E-state index in [1.165, 1.54) is 35.0 Å². The molecular weight excluding hydrogens is 437 g/mol. The van der Waals surface area contributed by atoms with Crippen LogP contribution in [0.5, 0.6) is 0 Å². The molecule has 0 fully saturated rings. The average Bonchev–Trinajstić information content (AvgIpc) is 2.80. The fraction of sp³-hybridized carbons (Fsp3) is 0.0833. The van der Waals surface area contributed by atoms with Crippen LogP contribution in [0.4, 0.5) is 13.2 Å². The van der Waals surface area contributed by atoms with Crippen molar-refractivity contribution in [2.45, 2.75) is 16.5 Å². The molecule has 4 aromatic rings. The molecule has 2 heterocycles. The first-order chi connectivity index (χ1) is 15.1. The zero-order valence-electron chi connectivity index (χ0n) is 16.5. The van der Waals surface area contributed by atoms with Gasteiger partial charge in [-0.2, -0.15) is 30.8 Å². The number of hydrogen-bond acceptors (Lipinski definition) is 4. The van der Waals surface area contributed by atoms with Gasteiger partial charge in [-0.25, -0.2) is 4.98 Å². The van der Waals surface area contributed by atoms with Crippen LogP contribution in [0, 0.1) is 17.8 Å².